The number of hydrogen-bond donors (Lipinski definition) is 0. The molecule has 0 unspecified atom stereocenters. The number of esters is 1. The summed E-state index contributed by atoms with van der Waals surface area (Å²) < 4.78 is 14.9. The second-order valence-electron chi connectivity index (χ2n) is 8.32. The molecule has 0 aliphatic heterocycles. The van der Waals surface area contributed by atoms with E-state index in [4.69, 9.17) is 37.7 Å². The van der Waals surface area contributed by atoms with E-state index >= 15 is 0 Å². The number of halogens is 3. The molecule has 0 fully saturated rings. The van der Waals surface area contributed by atoms with Crippen molar-refractivity contribution in [2.24, 2.45) is 0 Å². The van der Waals surface area contributed by atoms with Crippen molar-refractivity contribution in [3.8, 4) is 5.75 Å². The van der Waals surface area contributed by atoms with Gasteiger partial charge in [0.2, 0.25) is 0 Å². The van der Waals surface area contributed by atoms with Crippen molar-refractivity contribution in [3.63, 3.8) is 0 Å². The fourth-order valence-electron chi connectivity index (χ4n) is 3.87. The van der Waals surface area contributed by atoms with Crippen LogP contribution in [0.4, 0.5) is 0 Å². The Bertz CT molecular complexity index is 1600. The minimum atomic E-state index is -0.510. The lowest BCUT2D eigenvalue weighted by Gasteiger charge is -2.12. The van der Waals surface area contributed by atoms with Gasteiger partial charge in [-0.15, -0.1) is 0 Å². The van der Waals surface area contributed by atoms with Gasteiger partial charge in [-0.25, -0.2) is 9.78 Å². The third-order valence-electron chi connectivity index (χ3n) is 5.75. The van der Waals surface area contributed by atoms with Crippen LogP contribution in [0.5, 0.6) is 5.75 Å². The van der Waals surface area contributed by atoms with Crippen LogP contribution < -0.4 is 4.74 Å². The number of benzene rings is 4. The van der Waals surface area contributed by atoms with Crippen LogP contribution >= 0.6 is 39.1 Å². The van der Waals surface area contributed by atoms with Gasteiger partial charge in [0, 0.05) is 26.2 Å². The van der Waals surface area contributed by atoms with Crippen LogP contribution in [0.25, 0.3) is 22.9 Å². The van der Waals surface area contributed by atoms with E-state index < -0.39 is 5.97 Å². The highest BCUT2D eigenvalue weighted by atomic mass is 79.9. The first-order valence-electron chi connectivity index (χ1n) is 11.8. The van der Waals surface area contributed by atoms with Gasteiger partial charge in [-0.05, 0) is 84.9 Å². The maximum atomic E-state index is 13.0. The van der Waals surface area contributed by atoms with Gasteiger partial charge in [-0.2, -0.15) is 0 Å². The van der Waals surface area contributed by atoms with Gasteiger partial charge in [-0.1, -0.05) is 51.3 Å². The monoisotopic (exact) mass is 606 g/mol. The van der Waals surface area contributed by atoms with Crippen molar-refractivity contribution in [3.05, 3.63) is 129 Å². The van der Waals surface area contributed by atoms with Crippen molar-refractivity contribution in [1.82, 2.24) is 9.55 Å². The maximum absolute atomic E-state index is 13.0. The molecule has 5 aromatic rings. The van der Waals surface area contributed by atoms with E-state index in [-0.39, 0.29) is 0 Å². The molecule has 8 heteroatoms. The van der Waals surface area contributed by atoms with Gasteiger partial charge in [-0.3, -0.25) is 0 Å². The summed E-state index contributed by atoms with van der Waals surface area (Å²) in [5.74, 6) is 1.23. The summed E-state index contributed by atoms with van der Waals surface area (Å²) in [5, 5.41) is 1.11. The number of rotatable bonds is 8. The molecular weight excluding hydrogens is 587 g/mol. The van der Waals surface area contributed by atoms with Gasteiger partial charge in [0.05, 0.1) is 23.1 Å². The lowest BCUT2D eigenvalue weighted by atomic mass is 10.1. The van der Waals surface area contributed by atoms with E-state index in [0.29, 0.717) is 45.9 Å². The molecule has 1 heterocycles. The predicted molar refractivity (Wildman–Crippen MR) is 156 cm³/mol. The first-order chi connectivity index (χ1) is 18.5. The summed E-state index contributed by atoms with van der Waals surface area (Å²) in [6, 6.07) is 29.2. The zero-order valence-electron chi connectivity index (χ0n) is 20.0. The number of aromatic nitrogens is 2. The van der Waals surface area contributed by atoms with Gasteiger partial charge < -0.3 is 14.0 Å². The SMILES string of the molecule is O=C(O/C(=C\c1nc2ccccc2n1CCOc1ccc(Br)cc1)c1ccc(Cl)cc1)c1ccc(Cl)cc1. The minimum Gasteiger partial charge on any atom is -0.492 e. The second-order valence-corrected chi connectivity index (χ2v) is 10.1. The van der Waals surface area contributed by atoms with Gasteiger partial charge in [0.25, 0.3) is 0 Å². The Morgan fingerprint density at radius 1 is 0.842 bits per heavy atom. The van der Waals surface area contributed by atoms with E-state index in [1.54, 1.807) is 54.6 Å². The Labute approximate surface area is 238 Å². The van der Waals surface area contributed by atoms with E-state index in [0.717, 1.165) is 21.3 Å². The van der Waals surface area contributed by atoms with E-state index in [9.17, 15) is 4.79 Å². The molecule has 0 spiro atoms. The van der Waals surface area contributed by atoms with Crippen molar-refractivity contribution >= 4 is 68.0 Å². The van der Waals surface area contributed by atoms with E-state index in [1.807, 2.05) is 53.1 Å². The highest BCUT2D eigenvalue weighted by molar-refractivity contribution is 9.10. The molecule has 5 rings (SSSR count). The number of nitrogens with zero attached hydrogens (tertiary/aromatic N) is 2. The number of imidazole rings is 1. The molecule has 4 aromatic carbocycles. The third kappa shape index (κ3) is 6.27. The molecular formula is C30H21BrCl2N2O3. The molecule has 0 amide bonds. The molecule has 0 N–H and O–H groups in total. The first-order valence-corrected chi connectivity index (χ1v) is 13.3. The summed E-state index contributed by atoms with van der Waals surface area (Å²) in [7, 11) is 0. The molecule has 0 radical (unpaired) electrons. The average Bonchev–Trinajstić information content (AvgIpc) is 3.27. The van der Waals surface area contributed by atoms with Gasteiger partial charge in [0.1, 0.15) is 23.9 Å². The Morgan fingerprint density at radius 3 is 2.16 bits per heavy atom. The smallest absolute Gasteiger partial charge is 0.343 e. The van der Waals surface area contributed by atoms with Crippen molar-refractivity contribution < 1.29 is 14.3 Å². The second kappa shape index (κ2) is 11.9. The highest BCUT2D eigenvalue weighted by Gasteiger charge is 2.16. The van der Waals surface area contributed by atoms with E-state index in [1.165, 1.54) is 0 Å². The van der Waals surface area contributed by atoms with Gasteiger partial charge in [0.15, 0.2) is 0 Å². The predicted octanol–water partition coefficient (Wildman–Crippen LogP) is 8.54. The number of hydrogen-bond acceptors (Lipinski definition) is 4. The molecule has 0 saturated carbocycles. The summed E-state index contributed by atoms with van der Waals surface area (Å²) >= 11 is 15.5. The van der Waals surface area contributed by atoms with Crippen molar-refractivity contribution in [2.45, 2.75) is 6.54 Å². The molecule has 0 atom stereocenters. The number of ether oxygens (including phenoxy) is 2. The largest absolute Gasteiger partial charge is 0.492 e. The fourth-order valence-corrected chi connectivity index (χ4v) is 4.39. The van der Waals surface area contributed by atoms with Crippen LogP contribution in [0.3, 0.4) is 0 Å². The summed E-state index contributed by atoms with van der Waals surface area (Å²) in [5.41, 5.74) is 2.83. The van der Waals surface area contributed by atoms with Crippen molar-refractivity contribution in [2.75, 3.05) is 6.61 Å². The molecule has 0 aliphatic carbocycles. The molecule has 1 aromatic heterocycles. The van der Waals surface area contributed by atoms with Crippen LogP contribution in [0.15, 0.2) is 102 Å². The summed E-state index contributed by atoms with van der Waals surface area (Å²) in [6.45, 7) is 0.950. The van der Waals surface area contributed by atoms with E-state index in [2.05, 4.69) is 15.9 Å². The highest BCUT2D eigenvalue weighted by Crippen LogP contribution is 2.26. The lowest BCUT2D eigenvalue weighted by Crippen LogP contribution is -2.10. The van der Waals surface area contributed by atoms with Gasteiger partial charge >= 0.3 is 5.97 Å². The van der Waals surface area contributed by atoms with Crippen LogP contribution in [0.1, 0.15) is 21.7 Å². The Kier molecular flexibility index (Phi) is 8.13. The molecule has 0 bridgehead atoms. The lowest BCUT2D eigenvalue weighted by molar-refractivity contribution is 0.0693. The number of carbonyl (C=O) groups excluding carboxylic acids is 1. The Hall–Kier alpha value is -3.58. The molecule has 0 aliphatic rings. The Morgan fingerprint density at radius 2 is 1.47 bits per heavy atom. The van der Waals surface area contributed by atoms with Crippen LogP contribution in [0, 0.1) is 0 Å². The molecule has 5 nitrogen and oxygen atoms in total. The molecule has 0 saturated heterocycles. The number of carbonyl (C=O) groups is 1. The van der Waals surface area contributed by atoms with Crippen molar-refractivity contribution in [1.29, 1.82) is 0 Å². The number of para-hydroxylation sites is 2. The topological polar surface area (TPSA) is 53.3 Å². The normalized spacial score (nSPS) is 11.5. The zero-order valence-corrected chi connectivity index (χ0v) is 23.1. The standard InChI is InChI=1S/C30H21BrCl2N2O3/c31-22-9-15-25(16-10-22)37-18-17-35-27-4-2-1-3-26(27)34-29(35)19-28(20-5-11-23(32)12-6-20)38-30(36)21-7-13-24(33)14-8-21/h1-16,19H,17-18H2/b28-19-. The molecule has 190 valence electrons. The maximum Gasteiger partial charge on any atom is 0.343 e. The first kappa shape index (κ1) is 26.0. The fraction of sp³-hybridized carbons (Fsp3) is 0.0667. The summed E-state index contributed by atoms with van der Waals surface area (Å²) in [4.78, 5) is 17.8. The van der Waals surface area contributed by atoms with Crippen LogP contribution in [-0.2, 0) is 11.3 Å². The third-order valence-corrected chi connectivity index (χ3v) is 6.79. The zero-order chi connectivity index (χ0) is 26.5. The quantitative estimate of drug-likeness (QED) is 0.131. The van der Waals surface area contributed by atoms with Crippen LogP contribution in [0.2, 0.25) is 10.0 Å². The minimum absolute atomic E-state index is 0.340. The summed E-state index contributed by atoms with van der Waals surface area (Å²) in [6.07, 6.45) is 1.76. The van der Waals surface area contributed by atoms with Crippen LogP contribution in [-0.4, -0.2) is 22.1 Å². The number of fused-ring (bicyclic) bond motifs is 1. The Balaban J connectivity index is 1.49. The average molecular weight is 608 g/mol. The molecule has 38 heavy (non-hydrogen) atoms.